The summed E-state index contributed by atoms with van der Waals surface area (Å²) in [5.74, 6) is -2.82. The average Bonchev–Trinajstić information content (AvgIpc) is 3.47. The number of hydrogen-bond acceptors (Lipinski definition) is 5. The SMILES string of the molecule is O=C(CN1C(=O)C(=O)N(C2CCCC2)C1=O)NC(c1ccc(F)cc1)c1cccs1. The van der Waals surface area contributed by atoms with Crippen LogP contribution in [0.1, 0.15) is 42.2 Å². The highest BCUT2D eigenvalue weighted by Crippen LogP contribution is 2.28. The van der Waals surface area contributed by atoms with Crippen LogP contribution in [0, 0.1) is 5.82 Å². The molecule has 30 heavy (non-hydrogen) atoms. The standard InChI is InChI=1S/C21H20FN3O4S/c22-14-9-7-13(8-10-14)18(16-6-3-11-30-16)23-17(26)12-24-19(27)20(28)25(21(24)29)15-4-1-2-5-15/h3,6-11,15,18H,1-2,4-5,12H2,(H,23,26). The molecule has 0 radical (unpaired) electrons. The van der Waals surface area contributed by atoms with E-state index in [0.29, 0.717) is 23.3 Å². The quantitative estimate of drug-likeness (QED) is 0.565. The van der Waals surface area contributed by atoms with Crippen molar-refractivity contribution in [3.05, 3.63) is 58.0 Å². The second kappa shape index (κ2) is 8.35. The van der Waals surface area contributed by atoms with Gasteiger partial charge in [0.25, 0.3) is 0 Å². The Morgan fingerprint density at radius 3 is 2.43 bits per heavy atom. The van der Waals surface area contributed by atoms with E-state index >= 15 is 0 Å². The van der Waals surface area contributed by atoms with E-state index in [1.54, 1.807) is 12.1 Å². The minimum atomic E-state index is -0.975. The Balaban J connectivity index is 1.49. The highest BCUT2D eigenvalue weighted by atomic mass is 32.1. The van der Waals surface area contributed by atoms with Crippen molar-refractivity contribution in [3.8, 4) is 0 Å². The van der Waals surface area contributed by atoms with E-state index in [2.05, 4.69) is 5.32 Å². The Bertz CT molecular complexity index is 971. The maximum atomic E-state index is 13.3. The van der Waals surface area contributed by atoms with Crippen molar-refractivity contribution in [2.24, 2.45) is 0 Å². The Kier molecular flexibility index (Phi) is 5.63. The van der Waals surface area contributed by atoms with Crippen molar-refractivity contribution in [1.82, 2.24) is 15.1 Å². The van der Waals surface area contributed by atoms with E-state index in [-0.39, 0.29) is 6.04 Å². The van der Waals surface area contributed by atoms with Crippen molar-refractivity contribution in [2.45, 2.75) is 37.8 Å². The summed E-state index contributed by atoms with van der Waals surface area (Å²) < 4.78 is 13.3. The first kappa shape index (κ1) is 20.2. The maximum absolute atomic E-state index is 13.3. The van der Waals surface area contributed by atoms with Crippen molar-refractivity contribution < 1.29 is 23.6 Å². The van der Waals surface area contributed by atoms with Gasteiger partial charge in [-0.05, 0) is 42.0 Å². The Morgan fingerprint density at radius 1 is 1.10 bits per heavy atom. The predicted molar refractivity (Wildman–Crippen MR) is 107 cm³/mol. The summed E-state index contributed by atoms with van der Waals surface area (Å²) in [5.41, 5.74) is 0.662. The lowest BCUT2D eigenvalue weighted by molar-refractivity contribution is -0.144. The molecule has 1 aromatic carbocycles. The van der Waals surface area contributed by atoms with Crippen molar-refractivity contribution in [3.63, 3.8) is 0 Å². The highest BCUT2D eigenvalue weighted by Gasteiger charge is 2.48. The van der Waals surface area contributed by atoms with Gasteiger partial charge in [-0.15, -0.1) is 11.3 Å². The molecule has 9 heteroatoms. The van der Waals surface area contributed by atoms with Gasteiger partial charge >= 0.3 is 17.8 Å². The molecular formula is C21H20FN3O4S. The van der Waals surface area contributed by atoms with E-state index in [1.165, 1.54) is 23.5 Å². The minimum Gasteiger partial charge on any atom is -0.343 e. The van der Waals surface area contributed by atoms with Crippen LogP contribution in [-0.2, 0) is 14.4 Å². The van der Waals surface area contributed by atoms with E-state index < -0.39 is 42.2 Å². The zero-order valence-corrected chi connectivity index (χ0v) is 16.9. The van der Waals surface area contributed by atoms with Gasteiger partial charge < -0.3 is 5.32 Å². The van der Waals surface area contributed by atoms with E-state index in [4.69, 9.17) is 0 Å². The van der Waals surface area contributed by atoms with Gasteiger partial charge in [0.1, 0.15) is 12.4 Å². The third kappa shape index (κ3) is 3.85. The zero-order valence-electron chi connectivity index (χ0n) is 16.0. The molecule has 1 aromatic heterocycles. The van der Waals surface area contributed by atoms with Crippen LogP contribution in [0.5, 0.6) is 0 Å². The molecule has 4 rings (SSSR count). The molecule has 2 aromatic rings. The number of urea groups is 1. The molecule has 2 heterocycles. The highest BCUT2D eigenvalue weighted by molar-refractivity contribution is 7.10. The Labute approximate surface area is 176 Å². The van der Waals surface area contributed by atoms with Crippen molar-refractivity contribution >= 4 is 35.1 Å². The van der Waals surface area contributed by atoms with Crippen LogP contribution < -0.4 is 5.32 Å². The lowest BCUT2D eigenvalue weighted by Gasteiger charge is -2.22. The smallest absolute Gasteiger partial charge is 0.334 e. The summed E-state index contributed by atoms with van der Waals surface area (Å²) in [7, 11) is 0. The number of rotatable bonds is 6. The van der Waals surface area contributed by atoms with Crippen LogP contribution in [0.4, 0.5) is 9.18 Å². The average molecular weight is 429 g/mol. The topological polar surface area (TPSA) is 86.8 Å². The number of nitrogens with one attached hydrogen (secondary N) is 1. The second-order valence-electron chi connectivity index (χ2n) is 7.35. The molecular weight excluding hydrogens is 409 g/mol. The van der Waals surface area contributed by atoms with Crippen LogP contribution in [-0.4, -0.2) is 46.1 Å². The van der Waals surface area contributed by atoms with Gasteiger partial charge in [-0.1, -0.05) is 31.0 Å². The second-order valence-corrected chi connectivity index (χ2v) is 8.33. The lowest BCUT2D eigenvalue weighted by Crippen LogP contribution is -2.43. The first-order valence-electron chi connectivity index (χ1n) is 9.73. The third-order valence-corrected chi connectivity index (χ3v) is 6.35. The minimum absolute atomic E-state index is 0.278. The van der Waals surface area contributed by atoms with Crippen LogP contribution in [0.15, 0.2) is 41.8 Å². The zero-order chi connectivity index (χ0) is 21.3. The fourth-order valence-corrected chi connectivity index (χ4v) is 4.73. The van der Waals surface area contributed by atoms with Gasteiger partial charge in [0.05, 0.1) is 6.04 Å². The summed E-state index contributed by atoms with van der Waals surface area (Å²) >= 11 is 1.42. The van der Waals surface area contributed by atoms with Crippen LogP contribution in [0.2, 0.25) is 0 Å². The molecule has 1 aliphatic heterocycles. The number of carbonyl (C=O) groups excluding carboxylic acids is 4. The monoisotopic (exact) mass is 429 g/mol. The van der Waals surface area contributed by atoms with Gasteiger partial charge in [-0.3, -0.25) is 19.3 Å². The fraction of sp³-hybridized carbons (Fsp3) is 0.333. The third-order valence-electron chi connectivity index (χ3n) is 5.41. The van der Waals surface area contributed by atoms with Crippen LogP contribution >= 0.6 is 11.3 Å². The van der Waals surface area contributed by atoms with Crippen LogP contribution in [0.25, 0.3) is 0 Å². The first-order valence-corrected chi connectivity index (χ1v) is 10.6. The van der Waals surface area contributed by atoms with Gasteiger partial charge in [0.15, 0.2) is 0 Å². The summed E-state index contributed by atoms with van der Waals surface area (Å²) in [5, 5.41) is 4.65. The van der Waals surface area contributed by atoms with Crippen LogP contribution in [0.3, 0.4) is 0 Å². The molecule has 156 valence electrons. The predicted octanol–water partition coefficient (Wildman–Crippen LogP) is 2.83. The number of benzene rings is 1. The van der Waals surface area contributed by atoms with E-state index in [1.807, 2.05) is 17.5 Å². The molecule has 2 fully saturated rings. The molecule has 5 amide bonds. The van der Waals surface area contributed by atoms with E-state index in [0.717, 1.165) is 22.6 Å². The maximum Gasteiger partial charge on any atom is 0.334 e. The molecule has 1 N–H and O–H groups in total. The molecule has 7 nitrogen and oxygen atoms in total. The Morgan fingerprint density at radius 2 is 1.80 bits per heavy atom. The molecule has 1 aliphatic carbocycles. The fourth-order valence-electron chi connectivity index (χ4n) is 3.93. The van der Waals surface area contributed by atoms with Gasteiger partial charge in [0.2, 0.25) is 5.91 Å². The first-order chi connectivity index (χ1) is 14.5. The molecule has 2 aliphatic rings. The molecule has 1 atom stereocenters. The number of thiophene rings is 1. The van der Waals surface area contributed by atoms with Gasteiger partial charge in [-0.2, -0.15) is 0 Å². The summed E-state index contributed by atoms with van der Waals surface area (Å²) in [6.07, 6.45) is 3.15. The molecule has 0 spiro atoms. The van der Waals surface area contributed by atoms with Crippen molar-refractivity contribution in [1.29, 1.82) is 0 Å². The number of imide groups is 2. The normalized spacial score (nSPS) is 18.4. The number of hydrogen-bond donors (Lipinski definition) is 1. The molecule has 0 bridgehead atoms. The lowest BCUT2D eigenvalue weighted by atomic mass is 10.1. The summed E-state index contributed by atoms with van der Waals surface area (Å²) in [6.45, 7) is -0.546. The molecule has 1 saturated carbocycles. The molecule has 1 unspecified atom stereocenters. The van der Waals surface area contributed by atoms with Gasteiger partial charge in [-0.25, -0.2) is 14.1 Å². The number of amides is 5. The van der Waals surface area contributed by atoms with Crippen molar-refractivity contribution in [2.75, 3.05) is 6.54 Å². The summed E-state index contributed by atoms with van der Waals surface area (Å²) in [6, 6.07) is 7.82. The largest absolute Gasteiger partial charge is 0.343 e. The number of carbonyl (C=O) groups is 4. The summed E-state index contributed by atoms with van der Waals surface area (Å²) in [4.78, 5) is 52.5. The Hall–Kier alpha value is -3.07. The number of halogens is 1. The van der Waals surface area contributed by atoms with Gasteiger partial charge in [0, 0.05) is 10.9 Å². The molecule has 1 saturated heterocycles. The number of nitrogens with zero attached hydrogens (tertiary/aromatic N) is 2. The van der Waals surface area contributed by atoms with E-state index in [9.17, 15) is 23.6 Å².